The zero-order valence-electron chi connectivity index (χ0n) is 22.7. The lowest BCUT2D eigenvalue weighted by molar-refractivity contribution is -1.06. The van der Waals surface area contributed by atoms with Crippen molar-refractivity contribution in [1.82, 2.24) is 24.2 Å². The number of fused-ring (bicyclic) bond motifs is 3. The molecule has 6 heterocycles. The Hall–Kier alpha value is -1.87. The minimum Gasteiger partial charge on any atom is -0.354 e. The van der Waals surface area contributed by atoms with Gasteiger partial charge in [0.15, 0.2) is 0 Å². The average Bonchev–Trinajstić information content (AvgIpc) is 3.17. The van der Waals surface area contributed by atoms with E-state index in [1.165, 1.54) is 74.4 Å². The summed E-state index contributed by atoms with van der Waals surface area (Å²) < 4.78 is 6.71. The van der Waals surface area contributed by atoms with Crippen LogP contribution in [-0.4, -0.2) is 141 Å². The molecule has 0 spiro atoms. The minimum absolute atomic E-state index is 1.23. The summed E-state index contributed by atoms with van der Waals surface area (Å²) in [6.45, 7) is 13.4. The summed E-state index contributed by atoms with van der Waals surface area (Å²) in [4.78, 5) is 8.72. The molecule has 1 aromatic rings. The van der Waals surface area contributed by atoms with Crippen molar-refractivity contribution < 1.29 is 13.5 Å². The van der Waals surface area contributed by atoms with Gasteiger partial charge < -0.3 is 28.6 Å². The zero-order valence-corrected chi connectivity index (χ0v) is 22.7. The Labute approximate surface area is 203 Å². The first kappa shape index (κ1) is 27.4. The molecular weight excluding hydrogens is 412 g/mol. The Morgan fingerprint density at radius 3 is 1.15 bits per heavy atom. The van der Waals surface area contributed by atoms with Crippen LogP contribution in [0.25, 0.3) is 0 Å². The van der Waals surface area contributed by atoms with Crippen LogP contribution < -0.4 is 4.57 Å². The predicted octanol–water partition coefficient (Wildman–Crippen LogP) is 0.426. The van der Waals surface area contributed by atoms with E-state index in [4.69, 9.17) is 0 Å². The first-order valence-corrected chi connectivity index (χ1v) is 12.3. The molecule has 33 heavy (non-hydrogen) atoms. The molecule has 8 heteroatoms. The first-order chi connectivity index (χ1) is 15.5. The maximum Gasteiger partial charge on any atom is 0.243 e. The van der Waals surface area contributed by atoms with Crippen LogP contribution in [0.2, 0.25) is 0 Å². The number of nitrogens with zero attached hydrogens (tertiary/aromatic N) is 8. The summed E-state index contributed by atoms with van der Waals surface area (Å²) in [5.74, 6) is 0. The van der Waals surface area contributed by atoms with Gasteiger partial charge in [-0.15, -0.1) is 0 Å². The van der Waals surface area contributed by atoms with E-state index in [0.29, 0.717) is 0 Å². The molecule has 4 saturated heterocycles. The summed E-state index contributed by atoms with van der Waals surface area (Å²) in [5.41, 5.74) is 0. The van der Waals surface area contributed by atoms with E-state index < -0.39 is 0 Å². The van der Waals surface area contributed by atoms with Gasteiger partial charge in [0.05, 0.1) is 28.2 Å². The van der Waals surface area contributed by atoms with Crippen LogP contribution in [0.15, 0.2) is 43.5 Å². The number of piperazine rings is 4. The normalized spacial score (nSPS) is 28.8. The zero-order chi connectivity index (χ0) is 24.5. The Bertz CT molecular complexity index is 650. The van der Waals surface area contributed by atoms with Gasteiger partial charge in [0, 0.05) is 65.1 Å². The molecule has 5 aliphatic rings. The fourth-order valence-electron chi connectivity index (χ4n) is 4.12. The topological polar surface area (TPSA) is 21.8 Å². The number of hydrogen-bond donors (Lipinski definition) is 0. The summed E-state index contributed by atoms with van der Waals surface area (Å²) in [7, 11) is 17.2. The second-order valence-electron chi connectivity index (χ2n) is 10.9. The number of aryl methyl sites for hydroxylation is 2. The molecule has 1 aromatic heterocycles. The number of quaternary nitrogens is 2. The number of imidazole rings is 1. The molecule has 0 atom stereocenters. The van der Waals surface area contributed by atoms with E-state index in [-0.39, 0.29) is 0 Å². The summed E-state index contributed by atoms with van der Waals surface area (Å²) in [6, 6.07) is 0. The molecule has 0 aliphatic carbocycles. The number of rotatable bonds is 0. The quantitative estimate of drug-likeness (QED) is 0.411. The van der Waals surface area contributed by atoms with Crippen LogP contribution >= 0.6 is 0 Å². The summed E-state index contributed by atoms with van der Waals surface area (Å²) in [6.07, 6.45) is 14.0. The Morgan fingerprint density at radius 2 is 0.939 bits per heavy atom. The number of hydrogen-bond acceptors (Lipinski definition) is 4. The molecule has 0 N–H and O–H groups in total. The highest BCUT2D eigenvalue weighted by atomic mass is 15.5. The summed E-state index contributed by atoms with van der Waals surface area (Å²) in [5, 5.41) is 0. The van der Waals surface area contributed by atoms with Gasteiger partial charge in [-0.1, -0.05) is 0 Å². The third kappa shape index (κ3) is 10.3. The van der Waals surface area contributed by atoms with Gasteiger partial charge in [-0.05, 0) is 14.1 Å². The van der Waals surface area contributed by atoms with Gasteiger partial charge in [-0.3, -0.25) is 0 Å². The fraction of sp³-hybridized carbons (Fsp3) is 0.720. The summed E-state index contributed by atoms with van der Waals surface area (Å²) >= 11 is 0. The van der Waals surface area contributed by atoms with Gasteiger partial charge >= 0.3 is 0 Å². The van der Waals surface area contributed by atoms with Crippen LogP contribution in [0.3, 0.4) is 0 Å². The SMILES string of the molecule is CN1C=CN(C)C=C1.CN1CCN(C)CC1.C[N+]12CC[N+](C)(CC1)CC2.Cn1cc[n+](C)c1. The standard InChI is InChI=1S/C8H18N2.C6H14N2.C6H10N2.C5H9N2/c1-9-3-6-10(2,7-4-9)8-5-9;2*1-7-3-5-8(2)6-4-7;1-6-3-4-7(2)5-6/h3-8H2,1-2H3;3-6H2,1-2H3;3-6H,1-2H3;3-5H,1-2H3/q+2;;;+1. The van der Waals surface area contributed by atoms with E-state index >= 15 is 0 Å². The van der Waals surface area contributed by atoms with Gasteiger partial charge in [-0.2, -0.15) is 0 Å². The van der Waals surface area contributed by atoms with E-state index in [1.807, 2.05) is 90.6 Å². The third-order valence-corrected chi connectivity index (χ3v) is 7.24. The van der Waals surface area contributed by atoms with Crippen molar-refractivity contribution in [1.29, 1.82) is 0 Å². The van der Waals surface area contributed by atoms with Gasteiger partial charge in [0.25, 0.3) is 0 Å². The molecule has 0 radical (unpaired) electrons. The molecule has 0 amide bonds. The average molecular weight is 464 g/mol. The van der Waals surface area contributed by atoms with Gasteiger partial charge in [-0.25, -0.2) is 9.13 Å². The Kier molecular flexibility index (Phi) is 10.4. The highest BCUT2D eigenvalue weighted by molar-refractivity contribution is 4.97. The highest BCUT2D eigenvalue weighted by Gasteiger charge is 2.43. The second kappa shape index (κ2) is 12.6. The predicted molar refractivity (Wildman–Crippen MR) is 137 cm³/mol. The molecule has 0 aromatic carbocycles. The highest BCUT2D eigenvalue weighted by Crippen LogP contribution is 2.21. The molecule has 4 fully saturated rings. The van der Waals surface area contributed by atoms with Gasteiger partial charge in [0.2, 0.25) is 6.33 Å². The lowest BCUT2D eigenvalue weighted by atomic mass is 10.1. The lowest BCUT2D eigenvalue weighted by Gasteiger charge is -2.52. The maximum atomic E-state index is 2.41. The monoisotopic (exact) mass is 463 g/mol. The van der Waals surface area contributed by atoms with E-state index in [2.05, 4.69) is 38.0 Å². The molecule has 0 unspecified atom stereocenters. The molecule has 6 rings (SSSR count). The van der Waals surface area contributed by atoms with Crippen molar-refractivity contribution in [3.8, 4) is 0 Å². The molecule has 5 aliphatic heterocycles. The van der Waals surface area contributed by atoms with Crippen LogP contribution in [0, 0.1) is 0 Å². The lowest BCUT2D eigenvalue weighted by Crippen LogP contribution is -2.72. The number of likely N-dealkylation sites (N-methyl/N-ethyl adjacent to an activating group) is 4. The Morgan fingerprint density at radius 1 is 0.606 bits per heavy atom. The van der Waals surface area contributed by atoms with Gasteiger partial charge in [0.1, 0.15) is 51.7 Å². The molecule has 2 bridgehead atoms. The van der Waals surface area contributed by atoms with Crippen molar-refractivity contribution in [2.24, 2.45) is 14.1 Å². The van der Waals surface area contributed by atoms with Crippen LogP contribution in [0.1, 0.15) is 0 Å². The van der Waals surface area contributed by atoms with Crippen molar-refractivity contribution >= 4 is 0 Å². The third-order valence-electron chi connectivity index (χ3n) is 7.24. The van der Waals surface area contributed by atoms with E-state index in [9.17, 15) is 0 Å². The van der Waals surface area contributed by atoms with Crippen LogP contribution in [0.5, 0.6) is 0 Å². The molecular formula is C25H51N8+3. The van der Waals surface area contributed by atoms with Crippen molar-refractivity contribution in [3.63, 3.8) is 0 Å². The van der Waals surface area contributed by atoms with Crippen molar-refractivity contribution in [3.05, 3.63) is 43.5 Å². The van der Waals surface area contributed by atoms with E-state index in [1.54, 1.807) is 0 Å². The van der Waals surface area contributed by atoms with Crippen molar-refractivity contribution in [2.75, 3.05) is 108 Å². The van der Waals surface area contributed by atoms with Crippen molar-refractivity contribution in [2.45, 2.75) is 0 Å². The largest absolute Gasteiger partial charge is 0.354 e. The first-order valence-electron chi connectivity index (χ1n) is 12.3. The smallest absolute Gasteiger partial charge is 0.243 e. The molecule has 8 nitrogen and oxygen atoms in total. The molecule has 0 saturated carbocycles. The van der Waals surface area contributed by atoms with E-state index in [0.717, 1.165) is 0 Å². The second-order valence-corrected chi connectivity index (χ2v) is 10.9. The minimum atomic E-state index is 1.23. The number of aromatic nitrogens is 2. The van der Waals surface area contributed by atoms with Crippen LogP contribution in [-0.2, 0) is 14.1 Å². The maximum absolute atomic E-state index is 2.41. The van der Waals surface area contributed by atoms with Crippen LogP contribution in [0.4, 0.5) is 0 Å². The molecule has 188 valence electrons. The fourth-order valence-corrected chi connectivity index (χ4v) is 4.12. The Balaban J connectivity index is 0.000000157.